The molecule has 0 radical (unpaired) electrons. The first-order chi connectivity index (χ1) is 9.85. The van der Waals surface area contributed by atoms with E-state index in [1.54, 1.807) is 18.3 Å². The number of carbonyl (C=O) groups excluding carboxylic acids is 1. The average molecular weight is 311 g/mol. The molecule has 6 nitrogen and oxygen atoms in total. The van der Waals surface area contributed by atoms with Crippen molar-refractivity contribution in [3.05, 3.63) is 24.0 Å². The van der Waals surface area contributed by atoms with Gasteiger partial charge in [0.05, 0.1) is 11.5 Å². The number of hydrogen-bond donors (Lipinski definition) is 2. The monoisotopic (exact) mass is 311 g/mol. The number of nitrogens with one attached hydrogen (secondary N) is 2. The summed E-state index contributed by atoms with van der Waals surface area (Å²) in [6.07, 6.45) is 2.15. The molecule has 1 atom stereocenters. The highest BCUT2D eigenvalue weighted by atomic mass is 32.2. The van der Waals surface area contributed by atoms with Gasteiger partial charge < -0.3 is 10.6 Å². The van der Waals surface area contributed by atoms with Crippen LogP contribution >= 0.6 is 0 Å². The van der Waals surface area contributed by atoms with Crippen LogP contribution in [0.15, 0.2) is 18.3 Å². The van der Waals surface area contributed by atoms with E-state index in [0.717, 1.165) is 5.69 Å². The minimum atomic E-state index is -2.92. The van der Waals surface area contributed by atoms with Gasteiger partial charge in [0.15, 0.2) is 9.84 Å². The molecule has 1 aliphatic rings. The van der Waals surface area contributed by atoms with Crippen molar-refractivity contribution < 1.29 is 13.2 Å². The summed E-state index contributed by atoms with van der Waals surface area (Å²) in [4.78, 5) is 16.0. The van der Waals surface area contributed by atoms with Gasteiger partial charge in [-0.3, -0.25) is 9.78 Å². The second kappa shape index (κ2) is 6.43. The molecule has 2 heterocycles. The first-order valence-corrected chi connectivity index (χ1v) is 8.89. The smallest absolute Gasteiger partial charge is 0.269 e. The Balaban J connectivity index is 1.99. The van der Waals surface area contributed by atoms with Gasteiger partial charge in [-0.25, -0.2) is 8.42 Å². The van der Waals surface area contributed by atoms with E-state index in [1.165, 1.54) is 0 Å². The molecule has 116 valence electrons. The minimum absolute atomic E-state index is 0.0935. The van der Waals surface area contributed by atoms with Gasteiger partial charge in [-0.1, -0.05) is 13.8 Å². The van der Waals surface area contributed by atoms with Crippen LogP contribution in [0, 0.1) is 5.92 Å². The van der Waals surface area contributed by atoms with E-state index in [4.69, 9.17) is 0 Å². The third-order valence-electron chi connectivity index (χ3n) is 3.27. The van der Waals surface area contributed by atoms with Gasteiger partial charge in [0.25, 0.3) is 5.91 Å². The van der Waals surface area contributed by atoms with Gasteiger partial charge in [-0.15, -0.1) is 0 Å². The first kappa shape index (κ1) is 15.8. The van der Waals surface area contributed by atoms with E-state index in [9.17, 15) is 13.2 Å². The van der Waals surface area contributed by atoms with Gasteiger partial charge in [0.2, 0.25) is 0 Å². The maximum Gasteiger partial charge on any atom is 0.269 e. The van der Waals surface area contributed by atoms with E-state index in [1.807, 2.05) is 13.8 Å². The van der Waals surface area contributed by atoms with E-state index in [0.29, 0.717) is 24.6 Å². The Morgan fingerprint density at radius 2 is 2.24 bits per heavy atom. The maximum atomic E-state index is 11.9. The molecule has 0 saturated carbocycles. The highest BCUT2D eigenvalue weighted by Crippen LogP contribution is 2.17. The Kier molecular flexibility index (Phi) is 4.82. The number of hydrogen-bond acceptors (Lipinski definition) is 5. The molecule has 0 bridgehead atoms. The van der Waals surface area contributed by atoms with Crippen molar-refractivity contribution in [1.82, 2.24) is 10.3 Å². The average Bonchev–Trinajstić information content (AvgIpc) is 2.75. The summed E-state index contributed by atoms with van der Waals surface area (Å²) in [5.41, 5.74) is 1.06. The molecule has 0 aliphatic carbocycles. The molecule has 1 saturated heterocycles. The Morgan fingerprint density at radius 1 is 1.48 bits per heavy atom. The zero-order valence-corrected chi connectivity index (χ0v) is 13.1. The van der Waals surface area contributed by atoms with Gasteiger partial charge >= 0.3 is 0 Å². The van der Waals surface area contributed by atoms with Crippen LogP contribution in [-0.2, 0) is 9.84 Å². The second-order valence-corrected chi connectivity index (χ2v) is 8.01. The van der Waals surface area contributed by atoms with Crippen molar-refractivity contribution in [3.8, 4) is 0 Å². The molecule has 1 amide bonds. The van der Waals surface area contributed by atoms with Crippen LogP contribution < -0.4 is 10.6 Å². The van der Waals surface area contributed by atoms with Crippen LogP contribution in [-0.4, -0.2) is 43.4 Å². The van der Waals surface area contributed by atoms with Gasteiger partial charge in [0, 0.05) is 24.5 Å². The Morgan fingerprint density at radius 3 is 2.86 bits per heavy atom. The van der Waals surface area contributed by atoms with Crippen molar-refractivity contribution in [1.29, 1.82) is 0 Å². The fourth-order valence-electron chi connectivity index (χ4n) is 2.18. The molecule has 1 unspecified atom stereocenters. The van der Waals surface area contributed by atoms with Crippen molar-refractivity contribution in [2.24, 2.45) is 5.92 Å². The standard InChI is InChI=1S/C14H21N3O3S/c1-10(2)8-16-14(18)13-7-11(3-5-15-13)17-12-4-6-21(19,20)9-12/h3,5,7,10,12H,4,6,8-9H2,1-2H3,(H,15,17)(H,16,18). The van der Waals surface area contributed by atoms with Crippen molar-refractivity contribution in [3.63, 3.8) is 0 Å². The van der Waals surface area contributed by atoms with Crippen LogP contribution in [0.2, 0.25) is 0 Å². The summed E-state index contributed by atoms with van der Waals surface area (Å²) in [6.45, 7) is 4.64. The lowest BCUT2D eigenvalue weighted by Gasteiger charge is -2.13. The molecule has 1 aliphatic heterocycles. The number of aromatic nitrogens is 1. The van der Waals surface area contributed by atoms with Crippen LogP contribution in [0.25, 0.3) is 0 Å². The van der Waals surface area contributed by atoms with Gasteiger partial charge in [-0.05, 0) is 24.5 Å². The molecule has 2 N–H and O–H groups in total. The summed E-state index contributed by atoms with van der Waals surface area (Å²) in [5, 5.41) is 5.96. The van der Waals surface area contributed by atoms with E-state index in [2.05, 4.69) is 15.6 Å². The van der Waals surface area contributed by atoms with Crippen LogP contribution in [0.1, 0.15) is 30.8 Å². The fourth-order valence-corrected chi connectivity index (χ4v) is 3.85. The zero-order chi connectivity index (χ0) is 15.5. The normalized spacial score (nSPS) is 20.4. The third-order valence-corrected chi connectivity index (χ3v) is 5.03. The number of rotatable bonds is 5. The van der Waals surface area contributed by atoms with Gasteiger partial charge in [0.1, 0.15) is 5.69 Å². The Bertz CT molecular complexity index is 614. The number of sulfone groups is 1. The fraction of sp³-hybridized carbons (Fsp3) is 0.571. The molecular weight excluding hydrogens is 290 g/mol. The highest BCUT2D eigenvalue weighted by molar-refractivity contribution is 7.91. The molecule has 0 spiro atoms. The SMILES string of the molecule is CC(C)CNC(=O)c1cc(NC2CCS(=O)(=O)C2)ccn1. The number of pyridine rings is 1. The Labute approximate surface area is 125 Å². The lowest BCUT2D eigenvalue weighted by atomic mass is 10.2. The third kappa shape index (κ3) is 4.70. The molecule has 21 heavy (non-hydrogen) atoms. The number of anilines is 1. The number of amides is 1. The summed E-state index contributed by atoms with van der Waals surface area (Å²) in [7, 11) is -2.92. The lowest BCUT2D eigenvalue weighted by molar-refractivity contribution is 0.0944. The topological polar surface area (TPSA) is 88.2 Å². The van der Waals surface area contributed by atoms with Crippen molar-refractivity contribution in [2.45, 2.75) is 26.3 Å². The summed E-state index contributed by atoms with van der Waals surface area (Å²) in [6, 6.07) is 3.30. The predicted octanol–water partition coefficient (Wildman–Crippen LogP) is 1.07. The highest BCUT2D eigenvalue weighted by Gasteiger charge is 2.27. The molecule has 2 rings (SSSR count). The van der Waals surface area contributed by atoms with Crippen LogP contribution in [0.5, 0.6) is 0 Å². The quantitative estimate of drug-likeness (QED) is 0.849. The van der Waals surface area contributed by atoms with E-state index >= 15 is 0 Å². The van der Waals surface area contributed by atoms with Crippen LogP contribution in [0.4, 0.5) is 5.69 Å². The second-order valence-electron chi connectivity index (χ2n) is 5.78. The van der Waals surface area contributed by atoms with E-state index in [-0.39, 0.29) is 23.5 Å². The molecule has 7 heteroatoms. The number of nitrogens with zero attached hydrogens (tertiary/aromatic N) is 1. The van der Waals surface area contributed by atoms with Crippen molar-refractivity contribution >= 4 is 21.4 Å². The predicted molar refractivity (Wildman–Crippen MR) is 82.1 cm³/mol. The summed E-state index contributed by atoms with van der Waals surface area (Å²) >= 11 is 0. The van der Waals surface area contributed by atoms with Gasteiger partial charge in [-0.2, -0.15) is 0 Å². The first-order valence-electron chi connectivity index (χ1n) is 7.07. The van der Waals surface area contributed by atoms with Crippen LogP contribution in [0.3, 0.4) is 0 Å². The van der Waals surface area contributed by atoms with Crippen molar-refractivity contribution in [2.75, 3.05) is 23.4 Å². The largest absolute Gasteiger partial charge is 0.381 e. The van der Waals surface area contributed by atoms with E-state index < -0.39 is 9.84 Å². The molecule has 0 aromatic carbocycles. The molecular formula is C14H21N3O3S. The molecule has 1 aromatic heterocycles. The maximum absolute atomic E-state index is 11.9. The zero-order valence-electron chi connectivity index (χ0n) is 12.3. The summed E-state index contributed by atoms with van der Waals surface area (Å²) < 4.78 is 22.9. The lowest BCUT2D eigenvalue weighted by Crippen LogP contribution is -2.28. The Hall–Kier alpha value is -1.63. The molecule has 1 aromatic rings. The number of carbonyl (C=O) groups is 1. The molecule has 1 fully saturated rings. The minimum Gasteiger partial charge on any atom is -0.381 e. The summed E-state index contributed by atoms with van der Waals surface area (Å²) in [5.74, 6) is 0.521.